The molecule has 0 fully saturated rings. The number of anilines is 1. The molecule has 0 aliphatic heterocycles. The molecular formula is C12H14BrF2N3O2. The molecule has 20 heavy (non-hydrogen) atoms. The minimum Gasteiger partial charge on any atom is -0.409 e. The molecular weight excluding hydrogens is 336 g/mol. The van der Waals surface area contributed by atoms with Crippen LogP contribution in [0.15, 0.2) is 21.8 Å². The highest BCUT2D eigenvalue weighted by molar-refractivity contribution is 9.10. The third kappa shape index (κ3) is 3.66. The van der Waals surface area contributed by atoms with Crippen LogP contribution in [0.25, 0.3) is 0 Å². The molecule has 1 atom stereocenters. The van der Waals surface area contributed by atoms with E-state index < -0.39 is 23.5 Å². The molecule has 1 unspecified atom stereocenters. The van der Waals surface area contributed by atoms with Crippen molar-refractivity contribution in [2.24, 2.45) is 22.7 Å². The molecule has 0 heterocycles. The van der Waals surface area contributed by atoms with Gasteiger partial charge in [-0.05, 0) is 27.9 Å². The van der Waals surface area contributed by atoms with Crippen LogP contribution in [0.3, 0.4) is 0 Å². The van der Waals surface area contributed by atoms with Crippen LogP contribution in [0.1, 0.15) is 13.8 Å². The summed E-state index contributed by atoms with van der Waals surface area (Å²) in [6, 6.07) is 1.75. The van der Waals surface area contributed by atoms with Crippen molar-refractivity contribution in [1.82, 2.24) is 0 Å². The summed E-state index contributed by atoms with van der Waals surface area (Å²) in [5.74, 6) is -3.81. The van der Waals surface area contributed by atoms with Crippen molar-refractivity contribution in [1.29, 1.82) is 0 Å². The summed E-state index contributed by atoms with van der Waals surface area (Å²) >= 11 is 2.90. The summed E-state index contributed by atoms with van der Waals surface area (Å²) in [5.41, 5.74) is 5.25. The smallest absolute Gasteiger partial charge is 0.235 e. The monoisotopic (exact) mass is 349 g/mol. The molecule has 0 saturated carbocycles. The topological polar surface area (TPSA) is 87.7 Å². The standard InChI is InChI=1S/C12H14BrF2N3O2/c1-5(2)10(11(16)18-20)12(19)17-9-3-6(13)7(14)4-8(9)15/h3-5,10,20H,1-2H3,(H2,16,18)(H,17,19). The van der Waals surface area contributed by atoms with Crippen LogP contribution >= 0.6 is 15.9 Å². The minimum atomic E-state index is -0.928. The van der Waals surface area contributed by atoms with E-state index in [4.69, 9.17) is 10.9 Å². The van der Waals surface area contributed by atoms with Gasteiger partial charge < -0.3 is 16.3 Å². The number of hydrogen-bond donors (Lipinski definition) is 3. The second-order valence-electron chi connectivity index (χ2n) is 4.48. The van der Waals surface area contributed by atoms with Gasteiger partial charge in [0.15, 0.2) is 5.84 Å². The van der Waals surface area contributed by atoms with Crippen molar-refractivity contribution in [2.45, 2.75) is 13.8 Å². The van der Waals surface area contributed by atoms with Gasteiger partial charge in [-0.15, -0.1) is 0 Å². The lowest BCUT2D eigenvalue weighted by molar-refractivity contribution is -0.119. The zero-order valence-electron chi connectivity index (χ0n) is 10.8. The van der Waals surface area contributed by atoms with E-state index in [1.165, 1.54) is 0 Å². The predicted molar refractivity (Wildman–Crippen MR) is 74.4 cm³/mol. The third-order valence-corrected chi connectivity index (χ3v) is 3.26. The molecule has 8 heteroatoms. The second-order valence-corrected chi connectivity index (χ2v) is 5.34. The van der Waals surface area contributed by atoms with Gasteiger partial charge in [0.05, 0.1) is 10.2 Å². The molecule has 0 aliphatic rings. The molecule has 0 radical (unpaired) electrons. The Hall–Kier alpha value is -1.70. The molecule has 1 rings (SSSR count). The summed E-state index contributed by atoms with van der Waals surface area (Å²) in [4.78, 5) is 12.0. The lowest BCUT2D eigenvalue weighted by Crippen LogP contribution is -2.38. The normalized spacial score (nSPS) is 13.4. The number of amidine groups is 1. The lowest BCUT2D eigenvalue weighted by atomic mass is 9.93. The number of nitrogens with one attached hydrogen (secondary N) is 1. The first-order valence-electron chi connectivity index (χ1n) is 5.70. The van der Waals surface area contributed by atoms with Crippen molar-refractivity contribution >= 4 is 33.4 Å². The maximum absolute atomic E-state index is 13.6. The molecule has 1 amide bonds. The van der Waals surface area contributed by atoms with E-state index in [1.54, 1.807) is 13.8 Å². The fourth-order valence-corrected chi connectivity index (χ4v) is 2.01. The molecule has 0 aromatic heterocycles. The van der Waals surface area contributed by atoms with Crippen LogP contribution in [0.4, 0.5) is 14.5 Å². The number of oxime groups is 1. The van der Waals surface area contributed by atoms with Gasteiger partial charge in [-0.25, -0.2) is 8.78 Å². The van der Waals surface area contributed by atoms with E-state index >= 15 is 0 Å². The Kier molecular flexibility index (Phi) is 5.43. The van der Waals surface area contributed by atoms with E-state index in [0.717, 1.165) is 6.07 Å². The molecule has 110 valence electrons. The summed E-state index contributed by atoms with van der Waals surface area (Å²) in [6.07, 6.45) is 0. The Labute approximate surface area is 123 Å². The van der Waals surface area contributed by atoms with Gasteiger partial charge in [0.2, 0.25) is 5.91 Å². The van der Waals surface area contributed by atoms with Gasteiger partial charge in [0, 0.05) is 6.07 Å². The SMILES string of the molecule is CC(C)C(C(=O)Nc1cc(Br)c(F)cc1F)/C(N)=N/O. The number of benzene rings is 1. The fourth-order valence-electron chi connectivity index (χ4n) is 1.67. The van der Waals surface area contributed by atoms with Gasteiger partial charge in [0.25, 0.3) is 0 Å². The molecule has 0 spiro atoms. The van der Waals surface area contributed by atoms with Crippen molar-refractivity contribution < 1.29 is 18.8 Å². The Morgan fingerprint density at radius 2 is 2.00 bits per heavy atom. The third-order valence-electron chi connectivity index (χ3n) is 2.65. The Morgan fingerprint density at radius 3 is 2.50 bits per heavy atom. The number of amides is 1. The number of halogens is 3. The summed E-state index contributed by atoms with van der Waals surface area (Å²) in [5, 5.41) is 13.7. The van der Waals surface area contributed by atoms with Gasteiger partial charge in [-0.1, -0.05) is 19.0 Å². The van der Waals surface area contributed by atoms with E-state index in [2.05, 4.69) is 26.4 Å². The maximum atomic E-state index is 13.6. The molecule has 0 aliphatic carbocycles. The van der Waals surface area contributed by atoms with Gasteiger partial charge in [-0.3, -0.25) is 4.79 Å². The second kappa shape index (κ2) is 6.65. The first-order chi connectivity index (χ1) is 9.27. The maximum Gasteiger partial charge on any atom is 0.235 e. The first-order valence-corrected chi connectivity index (χ1v) is 6.50. The van der Waals surface area contributed by atoms with Crippen LogP contribution in [0.2, 0.25) is 0 Å². The number of carbonyl (C=O) groups excluding carboxylic acids is 1. The summed E-state index contributed by atoms with van der Waals surface area (Å²) < 4.78 is 26.7. The zero-order valence-corrected chi connectivity index (χ0v) is 12.4. The summed E-state index contributed by atoms with van der Waals surface area (Å²) in [6.45, 7) is 3.39. The van der Waals surface area contributed by atoms with E-state index in [1.807, 2.05) is 0 Å². The van der Waals surface area contributed by atoms with Crippen LogP contribution in [-0.4, -0.2) is 17.0 Å². The minimum absolute atomic E-state index is 0.0131. The average Bonchev–Trinajstić information content (AvgIpc) is 2.35. The Bertz CT molecular complexity index is 550. The van der Waals surface area contributed by atoms with Gasteiger partial charge in [-0.2, -0.15) is 0 Å². The first kappa shape index (κ1) is 16.4. The highest BCUT2D eigenvalue weighted by Crippen LogP contribution is 2.24. The molecule has 0 saturated heterocycles. The highest BCUT2D eigenvalue weighted by Gasteiger charge is 2.27. The van der Waals surface area contributed by atoms with Crippen LogP contribution in [0, 0.1) is 23.5 Å². The Balaban J connectivity index is 3.03. The number of nitrogens with zero attached hydrogens (tertiary/aromatic N) is 1. The number of nitrogens with two attached hydrogens (primary N) is 1. The molecule has 5 nitrogen and oxygen atoms in total. The highest BCUT2D eigenvalue weighted by atomic mass is 79.9. The van der Waals surface area contributed by atoms with Crippen molar-refractivity contribution in [2.75, 3.05) is 5.32 Å². The lowest BCUT2D eigenvalue weighted by Gasteiger charge is -2.19. The van der Waals surface area contributed by atoms with E-state index in [-0.39, 0.29) is 21.9 Å². The average molecular weight is 350 g/mol. The molecule has 4 N–H and O–H groups in total. The predicted octanol–water partition coefficient (Wildman–Crippen LogP) is 2.68. The van der Waals surface area contributed by atoms with Gasteiger partial charge in [0.1, 0.15) is 17.6 Å². The molecule has 0 bridgehead atoms. The summed E-state index contributed by atoms with van der Waals surface area (Å²) in [7, 11) is 0. The van der Waals surface area contributed by atoms with Crippen molar-refractivity contribution in [3.8, 4) is 0 Å². The quantitative estimate of drug-likeness (QED) is 0.257. The van der Waals surface area contributed by atoms with Crippen LogP contribution in [0.5, 0.6) is 0 Å². The Morgan fingerprint density at radius 1 is 1.40 bits per heavy atom. The van der Waals surface area contributed by atoms with Crippen molar-refractivity contribution in [3.05, 3.63) is 28.2 Å². The van der Waals surface area contributed by atoms with Crippen molar-refractivity contribution in [3.63, 3.8) is 0 Å². The number of carbonyl (C=O) groups is 1. The van der Waals surface area contributed by atoms with E-state index in [0.29, 0.717) is 6.07 Å². The fraction of sp³-hybridized carbons (Fsp3) is 0.333. The molecule has 1 aromatic rings. The van der Waals surface area contributed by atoms with Gasteiger partial charge >= 0.3 is 0 Å². The van der Waals surface area contributed by atoms with Crippen LogP contribution in [-0.2, 0) is 4.79 Å². The number of hydrogen-bond acceptors (Lipinski definition) is 3. The van der Waals surface area contributed by atoms with E-state index in [9.17, 15) is 13.6 Å². The molecule has 1 aromatic carbocycles. The number of rotatable bonds is 4. The zero-order chi connectivity index (χ0) is 15.4. The largest absolute Gasteiger partial charge is 0.409 e. The van der Waals surface area contributed by atoms with Crippen LogP contribution < -0.4 is 11.1 Å².